The third kappa shape index (κ3) is 3.34. The molecular formula is C16H15N5O2. The molecule has 0 unspecified atom stereocenters. The molecule has 0 atom stereocenters. The smallest absolute Gasteiger partial charge is 0.363 e. The van der Waals surface area contributed by atoms with Gasteiger partial charge in [-0.1, -0.05) is 30.3 Å². The number of aromatic amines is 1. The molecule has 0 spiro atoms. The van der Waals surface area contributed by atoms with E-state index in [2.05, 4.69) is 25.7 Å². The maximum atomic E-state index is 11.1. The number of H-pyrrole nitrogens is 1. The first-order valence-corrected chi connectivity index (χ1v) is 7.13. The molecule has 2 N–H and O–H groups in total. The Morgan fingerprint density at radius 1 is 1.30 bits per heavy atom. The van der Waals surface area contributed by atoms with E-state index in [1.54, 1.807) is 6.21 Å². The summed E-state index contributed by atoms with van der Waals surface area (Å²) in [6, 6.07) is 11.9. The van der Waals surface area contributed by atoms with Gasteiger partial charge in [0.15, 0.2) is 5.82 Å². The number of hydrazone groups is 1. The topological polar surface area (TPSA) is 92.3 Å². The summed E-state index contributed by atoms with van der Waals surface area (Å²) in [4.78, 5) is 14.8. The first kappa shape index (κ1) is 14.7. The third-order valence-corrected chi connectivity index (χ3v) is 3.17. The molecule has 0 saturated carbocycles. The minimum Gasteiger partial charge on any atom is -0.493 e. The van der Waals surface area contributed by atoms with Gasteiger partial charge < -0.3 is 4.74 Å². The van der Waals surface area contributed by atoms with E-state index in [0.717, 1.165) is 22.1 Å². The number of rotatable bonds is 5. The standard InChI is InChI=1S/C16H15N5O2/c1-2-23-14-8-7-11-5-3-4-6-12(11)13(14)9-17-20-15-10-18-21-16(22)19-15/h3-10H,2H2,1H3,(H2,19,20,21,22)/b17-9-. The second-order valence-corrected chi connectivity index (χ2v) is 4.67. The Balaban J connectivity index is 1.95. The molecule has 7 heteroatoms. The van der Waals surface area contributed by atoms with Gasteiger partial charge >= 0.3 is 5.69 Å². The zero-order valence-corrected chi connectivity index (χ0v) is 12.5. The van der Waals surface area contributed by atoms with Crippen molar-refractivity contribution in [2.45, 2.75) is 6.92 Å². The van der Waals surface area contributed by atoms with Crippen molar-refractivity contribution in [3.8, 4) is 5.75 Å². The quantitative estimate of drug-likeness (QED) is 0.556. The SMILES string of the molecule is CCOc1ccc2ccccc2c1/C=N\Nc1cn[nH]c(=O)n1. The fraction of sp³-hybridized carbons (Fsp3) is 0.125. The first-order chi connectivity index (χ1) is 11.3. The molecule has 1 aromatic heterocycles. The zero-order valence-electron chi connectivity index (χ0n) is 12.5. The van der Waals surface area contributed by atoms with Crippen LogP contribution in [0.2, 0.25) is 0 Å². The van der Waals surface area contributed by atoms with E-state index in [-0.39, 0.29) is 5.82 Å². The van der Waals surface area contributed by atoms with Crippen molar-refractivity contribution in [3.05, 3.63) is 58.6 Å². The first-order valence-electron chi connectivity index (χ1n) is 7.13. The highest BCUT2D eigenvalue weighted by atomic mass is 16.5. The van der Waals surface area contributed by atoms with E-state index in [0.29, 0.717) is 6.61 Å². The summed E-state index contributed by atoms with van der Waals surface area (Å²) in [6.07, 6.45) is 3.03. The van der Waals surface area contributed by atoms with Crippen molar-refractivity contribution in [3.63, 3.8) is 0 Å². The van der Waals surface area contributed by atoms with Gasteiger partial charge in [-0.05, 0) is 23.8 Å². The summed E-state index contributed by atoms with van der Waals surface area (Å²) in [5.74, 6) is 1.01. The third-order valence-electron chi connectivity index (χ3n) is 3.17. The average molecular weight is 309 g/mol. The molecule has 116 valence electrons. The lowest BCUT2D eigenvalue weighted by atomic mass is 10.0. The molecule has 0 bridgehead atoms. The Morgan fingerprint density at radius 2 is 2.17 bits per heavy atom. The van der Waals surface area contributed by atoms with E-state index in [4.69, 9.17) is 4.74 Å². The minimum atomic E-state index is -0.537. The van der Waals surface area contributed by atoms with E-state index in [9.17, 15) is 4.79 Å². The molecule has 0 aliphatic heterocycles. The maximum Gasteiger partial charge on any atom is 0.363 e. The van der Waals surface area contributed by atoms with Crippen LogP contribution in [0.5, 0.6) is 5.75 Å². The van der Waals surface area contributed by atoms with Crippen molar-refractivity contribution in [2.75, 3.05) is 12.0 Å². The lowest BCUT2D eigenvalue weighted by Crippen LogP contribution is -2.13. The molecule has 3 rings (SSSR count). The van der Waals surface area contributed by atoms with Crippen LogP contribution in [0.4, 0.5) is 5.82 Å². The molecule has 2 aromatic carbocycles. The fourth-order valence-corrected chi connectivity index (χ4v) is 2.22. The van der Waals surface area contributed by atoms with E-state index in [1.165, 1.54) is 6.20 Å². The lowest BCUT2D eigenvalue weighted by Gasteiger charge is -2.10. The summed E-state index contributed by atoms with van der Waals surface area (Å²) < 4.78 is 5.66. The largest absolute Gasteiger partial charge is 0.493 e. The molecule has 0 aliphatic carbocycles. The number of ether oxygens (including phenoxy) is 1. The molecule has 0 amide bonds. The van der Waals surface area contributed by atoms with Crippen LogP contribution in [0.15, 0.2) is 52.5 Å². The number of benzene rings is 2. The summed E-state index contributed by atoms with van der Waals surface area (Å²) in [6.45, 7) is 2.49. The Hall–Kier alpha value is -3.22. The summed E-state index contributed by atoms with van der Waals surface area (Å²) in [5, 5.41) is 12.1. The normalized spacial score (nSPS) is 11.0. The van der Waals surface area contributed by atoms with Gasteiger partial charge in [0.05, 0.1) is 19.0 Å². The predicted octanol–water partition coefficient (Wildman–Crippen LogP) is 2.16. The average Bonchev–Trinajstić information content (AvgIpc) is 2.57. The summed E-state index contributed by atoms with van der Waals surface area (Å²) in [5.41, 5.74) is 3.01. The monoisotopic (exact) mass is 309 g/mol. The predicted molar refractivity (Wildman–Crippen MR) is 89.0 cm³/mol. The highest BCUT2D eigenvalue weighted by Gasteiger charge is 2.06. The van der Waals surface area contributed by atoms with Gasteiger partial charge in [0.25, 0.3) is 0 Å². The van der Waals surface area contributed by atoms with Gasteiger partial charge in [0, 0.05) is 5.56 Å². The molecular weight excluding hydrogens is 294 g/mol. The molecule has 23 heavy (non-hydrogen) atoms. The Morgan fingerprint density at radius 3 is 3.00 bits per heavy atom. The molecule has 3 aromatic rings. The van der Waals surface area contributed by atoms with Crippen LogP contribution >= 0.6 is 0 Å². The van der Waals surface area contributed by atoms with Crippen molar-refractivity contribution < 1.29 is 4.74 Å². The molecule has 7 nitrogen and oxygen atoms in total. The van der Waals surface area contributed by atoms with Crippen LogP contribution in [-0.4, -0.2) is 28.0 Å². The van der Waals surface area contributed by atoms with E-state index >= 15 is 0 Å². The molecule has 0 aliphatic rings. The van der Waals surface area contributed by atoms with Crippen LogP contribution in [0.25, 0.3) is 10.8 Å². The highest BCUT2D eigenvalue weighted by Crippen LogP contribution is 2.26. The van der Waals surface area contributed by atoms with Gasteiger partial charge in [0.2, 0.25) is 0 Å². The Kier molecular flexibility index (Phi) is 4.28. The Bertz CT molecular complexity index is 904. The van der Waals surface area contributed by atoms with Gasteiger partial charge in [0.1, 0.15) is 5.75 Å². The van der Waals surface area contributed by atoms with Crippen LogP contribution in [-0.2, 0) is 0 Å². The summed E-state index contributed by atoms with van der Waals surface area (Å²) >= 11 is 0. The van der Waals surface area contributed by atoms with Crippen LogP contribution in [0, 0.1) is 0 Å². The number of nitrogens with zero attached hydrogens (tertiary/aromatic N) is 3. The van der Waals surface area contributed by atoms with Crippen molar-refractivity contribution in [2.24, 2.45) is 5.10 Å². The number of fused-ring (bicyclic) bond motifs is 1. The number of aromatic nitrogens is 3. The van der Waals surface area contributed by atoms with Gasteiger partial charge in [-0.15, -0.1) is 0 Å². The number of nitrogens with one attached hydrogen (secondary N) is 2. The Labute approximate surface area is 132 Å². The van der Waals surface area contributed by atoms with Crippen LogP contribution in [0.3, 0.4) is 0 Å². The van der Waals surface area contributed by atoms with Gasteiger partial charge in [-0.3, -0.25) is 5.43 Å². The molecule has 0 saturated heterocycles. The highest BCUT2D eigenvalue weighted by molar-refractivity contribution is 6.02. The minimum absolute atomic E-state index is 0.267. The van der Waals surface area contributed by atoms with Crippen molar-refractivity contribution in [1.29, 1.82) is 0 Å². The molecule has 0 fully saturated rings. The summed E-state index contributed by atoms with van der Waals surface area (Å²) in [7, 11) is 0. The van der Waals surface area contributed by atoms with Crippen LogP contribution < -0.4 is 15.9 Å². The molecule has 0 radical (unpaired) electrons. The number of hydrogen-bond acceptors (Lipinski definition) is 6. The van der Waals surface area contributed by atoms with Gasteiger partial charge in [-0.25, -0.2) is 9.89 Å². The lowest BCUT2D eigenvalue weighted by molar-refractivity contribution is 0.340. The van der Waals surface area contributed by atoms with Crippen LogP contribution in [0.1, 0.15) is 12.5 Å². The number of hydrogen-bond donors (Lipinski definition) is 2. The fourth-order valence-electron chi connectivity index (χ4n) is 2.22. The molecule has 1 heterocycles. The van der Waals surface area contributed by atoms with E-state index in [1.807, 2.05) is 43.3 Å². The van der Waals surface area contributed by atoms with Crippen molar-refractivity contribution >= 4 is 22.8 Å². The van der Waals surface area contributed by atoms with Crippen molar-refractivity contribution in [1.82, 2.24) is 15.2 Å². The number of anilines is 1. The van der Waals surface area contributed by atoms with E-state index < -0.39 is 5.69 Å². The second-order valence-electron chi connectivity index (χ2n) is 4.67. The zero-order chi connectivity index (χ0) is 16.1. The maximum absolute atomic E-state index is 11.1. The second kappa shape index (κ2) is 6.69. The van der Waals surface area contributed by atoms with Gasteiger partial charge in [-0.2, -0.15) is 15.2 Å².